The Balaban J connectivity index is 1.91. The number of nitrogens with one attached hydrogen (secondary N) is 1. The molecule has 1 N–H and O–H groups in total. The van der Waals surface area contributed by atoms with Gasteiger partial charge in [-0.25, -0.2) is 0 Å². The van der Waals surface area contributed by atoms with Crippen LogP contribution in [0.3, 0.4) is 0 Å². The third-order valence-corrected chi connectivity index (χ3v) is 3.83. The molecule has 2 heterocycles. The highest BCUT2D eigenvalue weighted by Crippen LogP contribution is 2.25. The Hall–Kier alpha value is -1.68. The molecular formula is C15H19N3O. The Kier molecular flexibility index (Phi) is 3.34. The first-order valence-electron chi connectivity index (χ1n) is 6.94. The number of fused-ring (bicyclic) bond motifs is 1. The van der Waals surface area contributed by atoms with Crippen molar-refractivity contribution < 1.29 is 4.52 Å². The van der Waals surface area contributed by atoms with Crippen molar-refractivity contribution >= 4 is 0 Å². The lowest BCUT2D eigenvalue weighted by Gasteiger charge is -2.17. The van der Waals surface area contributed by atoms with Crippen LogP contribution in [-0.4, -0.2) is 16.7 Å². The van der Waals surface area contributed by atoms with E-state index in [-0.39, 0.29) is 0 Å². The van der Waals surface area contributed by atoms with Gasteiger partial charge in [-0.2, -0.15) is 4.98 Å². The second-order valence-corrected chi connectivity index (χ2v) is 5.18. The Morgan fingerprint density at radius 3 is 3.11 bits per heavy atom. The van der Waals surface area contributed by atoms with Crippen LogP contribution in [0.1, 0.15) is 43.1 Å². The van der Waals surface area contributed by atoms with Gasteiger partial charge in [0.25, 0.3) is 5.89 Å². The van der Waals surface area contributed by atoms with Gasteiger partial charge in [-0.15, -0.1) is 0 Å². The third-order valence-electron chi connectivity index (χ3n) is 3.83. The highest BCUT2D eigenvalue weighted by Gasteiger charge is 2.15. The van der Waals surface area contributed by atoms with Crippen LogP contribution in [0, 0.1) is 0 Å². The zero-order valence-corrected chi connectivity index (χ0v) is 11.4. The monoisotopic (exact) mass is 257 g/mol. The molecule has 0 spiro atoms. The third kappa shape index (κ3) is 2.40. The molecule has 1 unspecified atom stereocenters. The fourth-order valence-corrected chi connectivity index (χ4v) is 2.35. The van der Waals surface area contributed by atoms with Crippen LogP contribution < -0.4 is 5.32 Å². The van der Waals surface area contributed by atoms with Crippen LogP contribution in [-0.2, 0) is 13.0 Å². The normalized spacial score (nSPS) is 16.1. The molecule has 1 aliphatic rings. The van der Waals surface area contributed by atoms with Crippen LogP contribution in [0.2, 0.25) is 0 Å². The summed E-state index contributed by atoms with van der Waals surface area (Å²) in [6.07, 6.45) is 2.12. The molecule has 4 heteroatoms. The summed E-state index contributed by atoms with van der Waals surface area (Å²) in [6, 6.07) is 6.42. The van der Waals surface area contributed by atoms with Crippen molar-refractivity contribution in [2.75, 3.05) is 6.54 Å². The van der Waals surface area contributed by atoms with Crippen LogP contribution in [0.15, 0.2) is 22.7 Å². The first-order chi connectivity index (χ1) is 9.28. The Bertz CT molecular complexity index is 577. The average Bonchev–Trinajstić information content (AvgIpc) is 2.95. The molecule has 0 amide bonds. The van der Waals surface area contributed by atoms with E-state index in [0.717, 1.165) is 37.3 Å². The van der Waals surface area contributed by atoms with Crippen molar-refractivity contribution in [3.63, 3.8) is 0 Å². The molecule has 1 aromatic heterocycles. The van der Waals surface area contributed by atoms with E-state index in [1.165, 1.54) is 11.1 Å². The van der Waals surface area contributed by atoms with Crippen molar-refractivity contribution in [1.82, 2.24) is 15.5 Å². The van der Waals surface area contributed by atoms with Crippen LogP contribution in [0.5, 0.6) is 0 Å². The first-order valence-corrected chi connectivity index (χ1v) is 6.94. The van der Waals surface area contributed by atoms with E-state index in [0.29, 0.717) is 11.8 Å². The zero-order valence-electron chi connectivity index (χ0n) is 11.4. The fraction of sp³-hybridized carbons (Fsp3) is 0.467. The Morgan fingerprint density at radius 1 is 1.37 bits per heavy atom. The molecule has 1 aromatic carbocycles. The van der Waals surface area contributed by atoms with Crippen molar-refractivity contribution in [3.8, 4) is 11.5 Å². The second-order valence-electron chi connectivity index (χ2n) is 5.18. The second kappa shape index (κ2) is 5.13. The molecule has 0 bridgehead atoms. The van der Waals surface area contributed by atoms with Gasteiger partial charge in [0.15, 0.2) is 5.82 Å². The molecule has 19 heavy (non-hydrogen) atoms. The summed E-state index contributed by atoms with van der Waals surface area (Å²) < 4.78 is 5.38. The number of hydrogen-bond acceptors (Lipinski definition) is 4. The van der Waals surface area contributed by atoms with Crippen molar-refractivity contribution in [2.45, 2.75) is 39.2 Å². The molecule has 0 fully saturated rings. The summed E-state index contributed by atoms with van der Waals surface area (Å²) in [4.78, 5) is 4.50. The highest BCUT2D eigenvalue weighted by atomic mass is 16.5. The molecule has 0 saturated carbocycles. The molecule has 0 radical (unpaired) electrons. The summed E-state index contributed by atoms with van der Waals surface area (Å²) in [5.41, 5.74) is 3.78. The van der Waals surface area contributed by atoms with Crippen LogP contribution in [0.25, 0.3) is 11.5 Å². The number of hydrogen-bond donors (Lipinski definition) is 1. The lowest BCUT2D eigenvalue weighted by Crippen LogP contribution is -2.23. The van der Waals surface area contributed by atoms with Gasteiger partial charge in [-0.3, -0.25) is 0 Å². The quantitative estimate of drug-likeness (QED) is 0.918. The summed E-state index contributed by atoms with van der Waals surface area (Å²) in [6.45, 7) is 6.23. The largest absolute Gasteiger partial charge is 0.334 e. The van der Waals surface area contributed by atoms with E-state index in [9.17, 15) is 0 Å². The van der Waals surface area contributed by atoms with E-state index in [1.54, 1.807) is 0 Å². The molecule has 3 rings (SSSR count). The van der Waals surface area contributed by atoms with Crippen molar-refractivity contribution in [2.24, 2.45) is 0 Å². The van der Waals surface area contributed by atoms with Gasteiger partial charge in [0.05, 0.1) is 0 Å². The summed E-state index contributed by atoms with van der Waals surface area (Å²) >= 11 is 0. The van der Waals surface area contributed by atoms with Crippen LogP contribution >= 0.6 is 0 Å². The summed E-state index contributed by atoms with van der Waals surface area (Å²) in [5, 5.41) is 7.46. The Morgan fingerprint density at radius 2 is 2.26 bits per heavy atom. The molecular weight excluding hydrogens is 238 g/mol. The van der Waals surface area contributed by atoms with Gasteiger partial charge in [0.1, 0.15) is 0 Å². The molecule has 4 nitrogen and oxygen atoms in total. The maximum absolute atomic E-state index is 5.38. The zero-order chi connectivity index (χ0) is 13.2. The lowest BCUT2D eigenvalue weighted by atomic mass is 9.98. The molecule has 1 atom stereocenters. The van der Waals surface area contributed by atoms with E-state index in [4.69, 9.17) is 4.52 Å². The van der Waals surface area contributed by atoms with Gasteiger partial charge in [-0.05, 0) is 42.6 Å². The van der Waals surface area contributed by atoms with E-state index in [1.807, 2.05) is 0 Å². The predicted molar refractivity (Wildman–Crippen MR) is 73.9 cm³/mol. The number of aromatic nitrogens is 2. The number of rotatable bonds is 3. The van der Waals surface area contributed by atoms with Gasteiger partial charge in [0, 0.05) is 18.0 Å². The minimum Gasteiger partial charge on any atom is -0.334 e. The minimum absolute atomic E-state index is 0.344. The smallest absolute Gasteiger partial charge is 0.257 e. The molecule has 2 aromatic rings. The van der Waals surface area contributed by atoms with Gasteiger partial charge >= 0.3 is 0 Å². The van der Waals surface area contributed by atoms with Gasteiger partial charge < -0.3 is 9.84 Å². The molecule has 1 aliphatic heterocycles. The minimum atomic E-state index is 0.344. The average molecular weight is 257 g/mol. The van der Waals surface area contributed by atoms with E-state index >= 15 is 0 Å². The number of benzene rings is 1. The van der Waals surface area contributed by atoms with Crippen LogP contribution in [0.4, 0.5) is 0 Å². The highest BCUT2D eigenvalue weighted by molar-refractivity contribution is 5.56. The molecule has 0 aliphatic carbocycles. The SMILES string of the molecule is CCC(C)c1noc(-c2ccc3c(c2)CNCC3)n1. The van der Waals surface area contributed by atoms with E-state index < -0.39 is 0 Å². The molecule has 0 saturated heterocycles. The topological polar surface area (TPSA) is 51.0 Å². The van der Waals surface area contributed by atoms with E-state index in [2.05, 4.69) is 47.5 Å². The van der Waals surface area contributed by atoms with Gasteiger partial charge in [0.2, 0.25) is 0 Å². The first kappa shape index (κ1) is 12.4. The Labute approximate surface area is 113 Å². The summed E-state index contributed by atoms with van der Waals surface area (Å²) in [7, 11) is 0. The lowest BCUT2D eigenvalue weighted by molar-refractivity contribution is 0.416. The predicted octanol–water partition coefficient (Wildman–Crippen LogP) is 2.90. The standard InChI is InChI=1S/C15H19N3O/c1-3-10(2)14-17-15(19-18-14)12-5-4-11-6-7-16-9-13(11)8-12/h4-5,8,10,16H,3,6-7,9H2,1-2H3. The van der Waals surface area contributed by atoms with Crippen molar-refractivity contribution in [3.05, 3.63) is 35.2 Å². The van der Waals surface area contributed by atoms with Gasteiger partial charge in [-0.1, -0.05) is 25.1 Å². The number of nitrogens with zero attached hydrogens (tertiary/aromatic N) is 2. The maximum atomic E-state index is 5.38. The fourth-order valence-electron chi connectivity index (χ4n) is 2.35. The maximum Gasteiger partial charge on any atom is 0.257 e. The van der Waals surface area contributed by atoms with Crippen molar-refractivity contribution in [1.29, 1.82) is 0 Å². The molecule has 100 valence electrons. The summed E-state index contributed by atoms with van der Waals surface area (Å²) in [5.74, 6) is 1.77.